The predicted octanol–water partition coefficient (Wildman–Crippen LogP) is 4.84. The average Bonchev–Trinajstić information content (AvgIpc) is 3.20. The molecule has 174 valence electrons. The van der Waals surface area contributed by atoms with Crippen molar-refractivity contribution in [3.63, 3.8) is 0 Å². The molecule has 0 aliphatic carbocycles. The zero-order valence-corrected chi connectivity index (χ0v) is 20.1. The van der Waals surface area contributed by atoms with E-state index in [2.05, 4.69) is 43.2 Å². The topological polar surface area (TPSA) is 70.7 Å². The number of carbonyl (C=O) groups is 2. The molecule has 0 radical (unpaired) electrons. The summed E-state index contributed by atoms with van der Waals surface area (Å²) in [5.41, 5.74) is 2.44. The number of nitrogens with zero attached hydrogens (tertiary/aromatic N) is 1. The number of nitrogens with one attached hydrogen (secondary N) is 2. The molecule has 1 aromatic carbocycles. The Labute approximate surface area is 188 Å². The van der Waals surface area contributed by atoms with E-state index in [1.807, 2.05) is 25.1 Å². The van der Waals surface area contributed by atoms with Gasteiger partial charge in [-0.1, -0.05) is 27.7 Å². The third kappa shape index (κ3) is 8.90. The van der Waals surface area contributed by atoms with Crippen molar-refractivity contribution >= 4 is 23.2 Å². The summed E-state index contributed by atoms with van der Waals surface area (Å²) in [6.07, 6.45) is 4.52. The molecule has 1 aromatic rings. The van der Waals surface area contributed by atoms with Crippen LogP contribution in [0.4, 0.5) is 11.4 Å². The molecule has 0 spiro atoms. The minimum atomic E-state index is -0.101. The van der Waals surface area contributed by atoms with Crippen LogP contribution in [0.2, 0.25) is 0 Å². The van der Waals surface area contributed by atoms with Crippen molar-refractivity contribution in [3.05, 3.63) is 23.8 Å². The highest BCUT2D eigenvalue weighted by atomic mass is 16.5. The molecule has 0 saturated carbocycles. The summed E-state index contributed by atoms with van der Waals surface area (Å²) in [5.74, 6) is 0.196. The van der Waals surface area contributed by atoms with E-state index >= 15 is 0 Å². The van der Waals surface area contributed by atoms with Gasteiger partial charge < -0.3 is 20.3 Å². The van der Waals surface area contributed by atoms with Gasteiger partial charge in [0.05, 0.1) is 5.56 Å². The minimum absolute atomic E-state index is 0.00579. The quantitative estimate of drug-likeness (QED) is 0.492. The number of hydrogen-bond donors (Lipinski definition) is 2. The molecule has 2 amide bonds. The Balaban J connectivity index is 2.06. The lowest BCUT2D eigenvalue weighted by Crippen LogP contribution is -2.29. The van der Waals surface area contributed by atoms with Crippen LogP contribution >= 0.6 is 0 Å². The summed E-state index contributed by atoms with van der Waals surface area (Å²) in [5, 5.41) is 6.00. The maximum atomic E-state index is 12.9. The van der Waals surface area contributed by atoms with Crippen LogP contribution < -0.4 is 15.5 Å². The molecule has 1 fully saturated rings. The van der Waals surface area contributed by atoms with E-state index < -0.39 is 0 Å². The first-order valence-corrected chi connectivity index (χ1v) is 11.7. The number of ether oxygens (including phenoxy) is 1. The lowest BCUT2D eigenvalue weighted by atomic mass is 9.84. The lowest BCUT2D eigenvalue weighted by molar-refractivity contribution is -0.117. The Hall–Kier alpha value is -2.08. The maximum Gasteiger partial charge on any atom is 0.253 e. The third-order valence-electron chi connectivity index (χ3n) is 5.42. The molecule has 0 aromatic heterocycles. The van der Waals surface area contributed by atoms with Crippen molar-refractivity contribution in [2.45, 2.75) is 66.7 Å². The number of carbonyl (C=O) groups excluding carboxylic acids is 2. The van der Waals surface area contributed by atoms with E-state index in [9.17, 15) is 9.59 Å². The highest BCUT2D eigenvalue weighted by Crippen LogP contribution is 2.29. The van der Waals surface area contributed by atoms with Crippen molar-refractivity contribution in [3.8, 4) is 0 Å². The Kier molecular flexibility index (Phi) is 9.82. The van der Waals surface area contributed by atoms with Crippen LogP contribution in [-0.4, -0.2) is 44.7 Å². The van der Waals surface area contributed by atoms with E-state index in [0.29, 0.717) is 43.3 Å². The summed E-state index contributed by atoms with van der Waals surface area (Å²) < 4.78 is 5.34. The zero-order chi connectivity index (χ0) is 22.9. The van der Waals surface area contributed by atoms with Crippen LogP contribution in [0.25, 0.3) is 0 Å². The highest BCUT2D eigenvalue weighted by Gasteiger charge is 2.21. The Morgan fingerprint density at radius 3 is 2.55 bits per heavy atom. The van der Waals surface area contributed by atoms with Gasteiger partial charge >= 0.3 is 0 Å². The third-order valence-corrected chi connectivity index (χ3v) is 5.42. The predicted molar refractivity (Wildman–Crippen MR) is 128 cm³/mol. The number of amides is 2. The van der Waals surface area contributed by atoms with Crippen molar-refractivity contribution in [1.82, 2.24) is 5.32 Å². The van der Waals surface area contributed by atoms with E-state index in [0.717, 1.165) is 44.5 Å². The van der Waals surface area contributed by atoms with Crippen LogP contribution in [0.5, 0.6) is 0 Å². The van der Waals surface area contributed by atoms with Gasteiger partial charge in [-0.15, -0.1) is 0 Å². The fourth-order valence-corrected chi connectivity index (χ4v) is 4.29. The van der Waals surface area contributed by atoms with Crippen LogP contribution in [0.15, 0.2) is 18.2 Å². The first kappa shape index (κ1) is 25.2. The van der Waals surface area contributed by atoms with Gasteiger partial charge in [0.25, 0.3) is 5.91 Å². The molecule has 1 aliphatic heterocycles. The van der Waals surface area contributed by atoms with Crippen LogP contribution in [-0.2, 0) is 9.53 Å². The monoisotopic (exact) mass is 431 g/mol. The van der Waals surface area contributed by atoms with Gasteiger partial charge in [-0.2, -0.15) is 0 Å². The summed E-state index contributed by atoms with van der Waals surface area (Å²) in [6, 6.07) is 5.69. The summed E-state index contributed by atoms with van der Waals surface area (Å²) in [4.78, 5) is 27.8. The van der Waals surface area contributed by atoms with Gasteiger partial charge in [0.15, 0.2) is 0 Å². The van der Waals surface area contributed by atoms with Crippen molar-refractivity contribution < 1.29 is 14.3 Å². The largest absolute Gasteiger partial charge is 0.382 e. The summed E-state index contributed by atoms with van der Waals surface area (Å²) in [7, 11) is 0. The number of benzene rings is 1. The Bertz CT molecular complexity index is 721. The van der Waals surface area contributed by atoms with Crippen molar-refractivity contribution in [1.29, 1.82) is 0 Å². The van der Waals surface area contributed by atoms with Crippen LogP contribution in [0.1, 0.15) is 77.1 Å². The molecule has 1 atom stereocenters. The van der Waals surface area contributed by atoms with Crippen molar-refractivity contribution in [2.75, 3.05) is 43.1 Å². The van der Waals surface area contributed by atoms with Gasteiger partial charge in [0.1, 0.15) is 0 Å². The van der Waals surface area contributed by atoms with Gasteiger partial charge in [-0.3, -0.25) is 9.59 Å². The zero-order valence-electron chi connectivity index (χ0n) is 20.1. The molecule has 6 heteroatoms. The molecule has 2 N–H and O–H groups in total. The van der Waals surface area contributed by atoms with E-state index in [4.69, 9.17) is 4.74 Å². The molecule has 2 rings (SSSR count). The minimum Gasteiger partial charge on any atom is -0.382 e. The Morgan fingerprint density at radius 2 is 1.90 bits per heavy atom. The Morgan fingerprint density at radius 1 is 1.19 bits per heavy atom. The molecule has 0 bridgehead atoms. The lowest BCUT2D eigenvalue weighted by Gasteiger charge is -2.23. The second kappa shape index (κ2) is 12.1. The summed E-state index contributed by atoms with van der Waals surface area (Å²) in [6.45, 7) is 14.5. The smallest absolute Gasteiger partial charge is 0.253 e. The highest BCUT2D eigenvalue weighted by molar-refractivity contribution is 6.02. The fraction of sp³-hybridized carbons (Fsp3) is 0.680. The maximum absolute atomic E-state index is 12.9. The molecular formula is C25H41N3O3. The molecule has 1 heterocycles. The molecular weight excluding hydrogens is 390 g/mol. The molecule has 31 heavy (non-hydrogen) atoms. The molecule has 6 nitrogen and oxygen atoms in total. The second-order valence-corrected chi connectivity index (χ2v) is 9.85. The molecule has 0 unspecified atom stereocenters. The van der Waals surface area contributed by atoms with Gasteiger partial charge in [0, 0.05) is 50.6 Å². The van der Waals surface area contributed by atoms with Crippen molar-refractivity contribution in [2.24, 2.45) is 11.3 Å². The molecule has 1 aliphatic rings. The van der Waals surface area contributed by atoms with E-state index in [-0.39, 0.29) is 17.2 Å². The first-order chi connectivity index (χ1) is 14.7. The van der Waals surface area contributed by atoms with E-state index in [1.165, 1.54) is 0 Å². The number of anilines is 2. The van der Waals surface area contributed by atoms with Gasteiger partial charge in [-0.05, 0) is 62.1 Å². The normalized spacial score (nSPS) is 15.1. The second-order valence-electron chi connectivity index (χ2n) is 9.85. The summed E-state index contributed by atoms with van der Waals surface area (Å²) >= 11 is 0. The standard InChI is InChI=1S/C25H41N3O3/c1-6-31-15-9-12-26-24(30)21-17-20(10-11-22(21)28-13-7-8-14-28)27-23(29)16-19(2)18-25(3,4)5/h10-11,17,19H,6-9,12-16,18H2,1-5H3,(H,26,30)(H,27,29)/t19-/m1/s1. The van der Waals surface area contributed by atoms with Crippen LogP contribution in [0.3, 0.4) is 0 Å². The van der Waals surface area contributed by atoms with Gasteiger partial charge in [0.2, 0.25) is 5.91 Å². The average molecular weight is 432 g/mol. The SMILES string of the molecule is CCOCCCNC(=O)c1cc(NC(=O)C[C@@H](C)CC(C)(C)C)ccc1N1CCCC1. The first-order valence-electron chi connectivity index (χ1n) is 11.7. The fourth-order valence-electron chi connectivity index (χ4n) is 4.29. The van der Waals surface area contributed by atoms with E-state index in [1.54, 1.807) is 0 Å². The van der Waals surface area contributed by atoms with Gasteiger partial charge in [-0.25, -0.2) is 0 Å². The van der Waals surface area contributed by atoms with Crippen LogP contribution in [0, 0.1) is 11.3 Å². The number of hydrogen-bond acceptors (Lipinski definition) is 4. The number of rotatable bonds is 11. The molecule has 1 saturated heterocycles.